The van der Waals surface area contributed by atoms with E-state index in [0.717, 1.165) is 24.1 Å². The molecule has 222 valence electrons. The van der Waals surface area contributed by atoms with Crippen LogP contribution in [0.4, 0.5) is 11.8 Å². The van der Waals surface area contributed by atoms with Crippen molar-refractivity contribution in [2.24, 2.45) is 0 Å². The molecule has 41 heavy (non-hydrogen) atoms. The van der Waals surface area contributed by atoms with Crippen molar-refractivity contribution in [2.45, 2.75) is 38.6 Å². The van der Waals surface area contributed by atoms with E-state index in [0.29, 0.717) is 61.1 Å². The summed E-state index contributed by atoms with van der Waals surface area (Å²) in [6.45, 7) is 5.99. The first-order valence-corrected chi connectivity index (χ1v) is 13.7. The number of ether oxygens (including phenoxy) is 2. The van der Waals surface area contributed by atoms with Crippen molar-refractivity contribution in [2.75, 3.05) is 56.7 Å². The van der Waals surface area contributed by atoms with Crippen LogP contribution in [-0.2, 0) is 24.3 Å². The SMILES string of the molecule is CCN(C)c1nc(NC2COC2)cc(C(=O)NC[C@H](O)CN2CCc3c(ccc(OCc4cnco4)c3Cl)C2)n1.S. The lowest BCUT2D eigenvalue weighted by atomic mass is 9.99. The van der Waals surface area contributed by atoms with Gasteiger partial charge in [0.25, 0.3) is 5.91 Å². The Bertz CT molecular complexity index is 1310. The van der Waals surface area contributed by atoms with Crippen molar-refractivity contribution >= 4 is 42.8 Å². The number of anilines is 2. The molecule has 3 N–H and O–H groups in total. The minimum Gasteiger partial charge on any atom is -0.484 e. The molecule has 0 unspecified atom stereocenters. The summed E-state index contributed by atoms with van der Waals surface area (Å²) in [6, 6.07) is 5.64. The Kier molecular flexibility index (Phi) is 10.7. The van der Waals surface area contributed by atoms with Gasteiger partial charge in [0.1, 0.15) is 23.9 Å². The molecule has 0 spiro atoms. The number of carbonyl (C=O) groups excluding carboxylic acids is 1. The standard InChI is InChI=1S/C27H34ClN7O5.H2S/c1-3-34(2)27-32-22(8-24(33-27)31-18-13-38-14-18)26(37)30-9-19(36)12-35-7-6-21-17(11-35)4-5-23(25(21)28)39-15-20-10-29-16-40-20;/h4-5,8,10,16,18-19,36H,3,6-7,9,11-15H2,1-2H3,(H,30,37)(H,31,32,33);1H2/t19-;/m0./s1. The second kappa shape index (κ2) is 14.2. The summed E-state index contributed by atoms with van der Waals surface area (Å²) in [7, 11) is 1.87. The zero-order valence-electron chi connectivity index (χ0n) is 23.1. The van der Waals surface area contributed by atoms with Crippen LogP contribution in [0.5, 0.6) is 5.75 Å². The van der Waals surface area contributed by atoms with Gasteiger partial charge >= 0.3 is 0 Å². The third-order valence-electron chi connectivity index (χ3n) is 6.95. The summed E-state index contributed by atoms with van der Waals surface area (Å²) in [6.07, 6.45) is 2.94. The molecule has 2 aliphatic rings. The lowest BCUT2D eigenvalue weighted by molar-refractivity contribution is 0.0209. The van der Waals surface area contributed by atoms with Crippen LogP contribution in [0.2, 0.25) is 5.02 Å². The maximum Gasteiger partial charge on any atom is 0.270 e. The Morgan fingerprint density at radius 2 is 2.17 bits per heavy atom. The van der Waals surface area contributed by atoms with Crippen LogP contribution in [0.1, 0.15) is 34.3 Å². The topological polar surface area (TPSA) is 138 Å². The summed E-state index contributed by atoms with van der Waals surface area (Å²) in [5, 5.41) is 17.4. The van der Waals surface area contributed by atoms with Gasteiger partial charge < -0.3 is 34.5 Å². The predicted octanol–water partition coefficient (Wildman–Crippen LogP) is 2.23. The van der Waals surface area contributed by atoms with Crippen LogP contribution >= 0.6 is 25.1 Å². The number of hydrogen-bond acceptors (Lipinski definition) is 11. The van der Waals surface area contributed by atoms with Crippen molar-refractivity contribution in [3.05, 3.63) is 58.4 Å². The van der Waals surface area contributed by atoms with E-state index in [2.05, 4.69) is 30.5 Å². The Labute approximate surface area is 250 Å². The lowest BCUT2D eigenvalue weighted by Gasteiger charge is -2.31. The van der Waals surface area contributed by atoms with Crippen molar-refractivity contribution in [3.63, 3.8) is 0 Å². The number of hydrogen-bond donors (Lipinski definition) is 3. The van der Waals surface area contributed by atoms with Crippen LogP contribution in [-0.4, -0.2) is 89.5 Å². The molecule has 2 aliphatic heterocycles. The van der Waals surface area contributed by atoms with Gasteiger partial charge in [0.05, 0.1) is 36.6 Å². The Hall–Kier alpha value is -3.10. The maximum absolute atomic E-state index is 13.0. The highest BCUT2D eigenvalue weighted by molar-refractivity contribution is 7.59. The third kappa shape index (κ3) is 7.80. The van der Waals surface area contributed by atoms with Gasteiger partial charge in [0, 0.05) is 45.8 Å². The summed E-state index contributed by atoms with van der Waals surface area (Å²) in [5.41, 5.74) is 2.37. The fraction of sp³-hybridized carbons (Fsp3) is 0.481. The predicted molar refractivity (Wildman–Crippen MR) is 159 cm³/mol. The monoisotopic (exact) mass is 605 g/mol. The lowest BCUT2D eigenvalue weighted by Crippen LogP contribution is -2.42. The molecule has 1 aromatic carbocycles. The number of aliphatic hydroxyl groups excluding tert-OH is 1. The van der Waals surface area contributed by atoms with Gasteiger partial charge in [-0.15, -0.1) is 0 Å². The van der Waals surface area contributed by atoms with Crippen molar-refractivity contribution in [3.8, 4) is 5.75 Å². The van der Waals surface area contributed by atoms with Crippen LogP contribution in [0.3, 0.4) is 0 Å². The molecule has 2 aromatic heterocycles. The number of rotatable bonds is 12. The van der Waals surface area contributed by atoms with Gasteiger partial charge in [-0.05, 0) is 30.5 Å². The number of amides is 1. The summed E-state index contributed by atoms with van der Waals surface area (Å²) < 4.78 is 16.2. The second-order valence-electron chi connectivity index (χ2n) is 9.95. The van der Waals surface area contributed by atoms with Gasteiger partial charge in [-0.25, -0.2) is 9.97 Å². The van der Waals surface area contributed by atoms with Gasteiger partial charge in [-0.2, -0.15) is 18.5 Å². The molecule has 3 aromatic rings. The van der Waals surface area contributed by atoms with E-state index in [-0.39, 0.29) is 44.3 Å². The normalized spacial score (nSPS) is 15.7. The quantitative estimate of drug-likeness (QED) is 0.280. The number of benzene rings is 1. The highest BCUT2D eigenvalue weighted by Crippen LogP contribution is 2.34. The molecular weight excluding hydrogens is 570 g/mol. The molecular formula is C27H36ClN7O5S. The zero-order valence-corrected chi connectivity index (χ0v) is 24.9. The fourth-order valence-corrected chi connectivity index (χ4v) is 4.84. The average Bonchev–Trinajstić information content (AvgIpc) is 3.46. The van der Waals surface area contributed by atoms with Crippen LogP contribution < -0.4 is 20.3 Å². The molecule has 1 amide bonds. The van der Waals surface area contributed by atoms with Crippen molar-refractivity contribution in [1.82, 2.24) is 25.2 Å². The van der Waals surface area contributed by atoms with E-state index < -0.39 is 6.10 Å². The van der Waals surface area contributed by atoms with Gasteiger partial charge in [-0.1, -0.05) is 17.7 Å². The summed E-state index contributed by atoms with van der Waals surface area (Å²) in [5.74, 6) is 1.88. The highest BCUT2D eigenvalue weighted by Gasteiger charge is 2.24. The zero-order chi connectivity index (χ0) is 28.1. The first kappa shape index (κ1) is 30.8. The van der Waals surface area contributed by atoms with E-state index >= 15 is 0 Å². The number of oxazole rings is 1. The molecule has 5 rings (SSSR count). The number of aromatic nitrogens is 3. The molecule has 1 saturated heterocycles. The van der Waals surface area contributed by atoms with Crippen LogP contribution in [0, 0.1) is 0 Å². The molecule has 0 saturated carbocycles. The highest BCUT2D eigenvalue weighted by atomic mass is 35.5. The van der Waals surface area contributed by atoms with Gasteiger partial charge in [0.2, 0.25) is 5.95 Å². The van der Waals surface area contributed by atoms with Gasteiger partial charge in [0.15, 0.2) is 12.2 Å². The molecule has 1 atom stereocenters. The van der Waals surface area contributed by atoms with E-state index in [1.54, 1.807) is 12.3 Å². The minimum atomic E-state index is -0.755. The Morgan fingerprint density at radius 3 is 2.88 bits per heavy atom. The molecule has 1 fully saturated rings. The number of nitrogens with one attached hydrogen (secondary N) is 2. The number of carbonyl (C=O) groups is 1. The van der Waals surface area contributed by atoms with E-state index in [1.165, 1.54) is 6.39 Å². The number of β-amino-alcohol motifs (C(OH)–C–C–N with tert-alkyl or cyclic N) is 1. The molecule has 0 bridgehead atoms. The van der Waals surface area contributed by atoms with Crippen molar-refractivity contribution in [1.29, 1.82) is 0 Å². The first-order chi connectivity index (χ1) is 19.4. The van der Waals surface area contributed by atoms with E-state index in [4.69, 9.17) is 25.5 Å². The summed E-state index contributed by atoms with van der Waals surface area (Å²) >= 11 is 6.64. The number of aliphatic hydroxyl groups is 1. The number of nitrogens with zero attached hydrogens (tertiary/aromatic N) is 5. The van der Waals surface area contributed by atoms with E-state index in [1.807, 2.05) is 31.0 Å². The molecule has 0 aliphatic carbocycles. The van der Waals surface area contributed by atoms with Gasteiger partial charge in [-0.3, -0.25) is 9.69 Å². The molecule has 12 nitrogen and oxygen atoms in total. The third-order valence-corrected chi connectivity index (χ3v) is 7.36. The molecule has 14 heteroatoms. The fourth-order valence-electron chi connectivity index (χ4n) is 4.51. The second-order valence-corrected chi connectivity index (χ2v) is 10.3. The maximum atomic E-state index is 13.0. The smallest absolute Gasteiger partial charge is 0.270 e. The number of fused-ring (bicyclic) bond motifs is 1. The van der Waals surface area contributed by atoms with Crippen molar-refractivity contribution < 1.29 is 23.8 Å². The molecule has 0 radical (unpaired) electrons. The first-order valence-electron chi connectivity index (χ1n) is 13.3. The van der Waals surface area contributed by atoms with Crippen LogP contribution in [0.25, 0.3) is 0 Å². The largest absolute Gasteiger partial charge is 0.484 e. The summed E-state index contributed by atoms with van der Waals surface area (Å²) in [4.78, 5) is 29.8. The minimum absolute atomic E-state index is 0. The Morgan fingerprint density at radius 1 is 1.34 bits per heavy atom. The Balaban J connectivity index is 0.00000387. The van der Waals surface area contributed by atoms with Crippen LogP contribution in [0.15, 0.2) is 35.2 Å². The molecule has 4 heterocycles. The number of halogens is 1. The van der Waals surface area contributed by atoms with E-state index in [9.17, 15) is 9.90 Å². The average molecular weight is 606 g/mol.